The number of rotatable bonds is 4. The monoisotopic (exact) mass is 397 g/mol. The predicted molar refractivity (Wildman–Crippen MR) is 90.1 cm³/mol. The Labute approximate surface area is 161 Å². The number of alkyl halides is 3. The normalized spacial score (nSPS) is 44.3. The average Bonchev–Trinajstić information content (AvgIpc) is 3.03. The van der Waals surface area contributed by atoms with Crippen molar-refractivity contribution < 1.29 is 32.0 Å². The zero-order chi connectivity index (χ0) is 20.4. The Morgan fingerprint density at radius 3 is 2.36 bits per heavy atom. The largest absolute Gasteiger partial charge is 0.450 e. The predicted octanol–water partition coefficient (Wildman–Crippen LogP) is 3.28. The van der Waals surface area contributed by atoms with Crippen molar-refractivity contribution in [3.63, 3.8) is 0 Å². The number of carbonyl (C=O) groups excluding carboxylic acids is 3. The van der Waals surface area contributed by atoms with Crippen LogP contribution in [0.25, 0.3) is 0 Å². The van der Waals surface area contributed by atoms with Gasteiger partial charge in [-0.25, -0.2) is 9.59 Å². The molecule has 2 amide bonds. The van der Waals surface area contributed by atoms with E-state index in [4.69, 9.17) is 0 Å². The highest BCUT2D eigenvalue weighted by atomic mass is 19.4. The summed E-state index contributed by atoms with van der Waals surface area (Å²) < 4.78 is 39.4. The van der Waals surface area contributed by atoms with Crippen LogP contribution in [0.2, 0.25) is 0 Å². The third-order valence-corrected chi connectivity index (χ3v) is 7.81. The van der Waals surface area contributed by atoms with Gasteiger partial charge in [0.25, 0.3) is 0 Å². The first kappa shape index (κ1) is 19.6. The van der Waals surface area contributed by atoms with Gasteiger partial charge in [0.05, 0.1) is 13.0 Å². The second-order valence-corrected chi connectivity index (χ2v) is 9.69. The molecule has 28 heavy (non-hydrogen) atoms. The Morgan fingerprint density at radius 1 is 1.18 bits per heavy atom. The van der Waals surface area contributed by atoms with Gasteiger partial charge in [0, 0.05) is 18.3 Å². The third kappa shape index (κ3) is 2.73. The van der Waals surface area contributed by atoms with Gasteiger partial charge in [-0.3, -0.25) is 4.79 Å². The summed E-state index contributed by atoms with van der Waals surface area (Å²) in [6.45, 7) is 0.274. The van der Waals surface area contributed by atoms with E-state index >= 15 is 0 Å². The number of carbonyl (C=O) groups is 3. The van der Waals surface area contributed by atoms with E-state index in [1.165, 1.54) is 0 Å². The van der Waals surface area contributed by atoms with Crippen LogP contribution < -0.4 is 0 Å². The van der Waals surface area contributed by atoms with Crippen LogP contribution >= 0.6 is 0 Å². The molecule has 8 heteroatoms. The summed E-state index contributed by atoms with van der Waals surface area (Å²) in [5, 5.41) is 9.37. The second-order valence-electron chi connectivity index (χ2n) is 9.69. The lowest BCUT2D eigenvalue weighted by Gasteiger charge is -2.61. The van der Waals surface area contributed by atoms with Crippen molar-refractivity contribution in [3.8, 4) is 6.07 Å². The summed E-state index contributed by atoms with van der Waals surface area (Å²) in [6.07, 6.45) is -0.592. The molecular weight excluding hydrogens is 373 g/mol. The number of imide groups is 1. The van der Waals surface area contributed by atoms with Crippen LogP contribution in [0.4, 0.5) is 13.2 Å². The Morgan fingerprint density at radius 2 is 1.82 bits per heavy atom. The maximum atomic E-state index is 13.3. The van der Waals surface area contributed by atoms with Crippen LogP contribution in [-0.2, 0) is 14.4 Å². The number of ketones is 1. The van der Waals surface area contributed by atoms with Crippen molar-refractivity contribution >= 4 is 18.1 Å². The summed E-state index contributed by atoms with van der Waals surface area (Å²) in [4.78, 5) is 37.3. The van der Waals surface area contributed by atoms with Gasteiger partial charge in [0.15, 0.2) is 6.04 Å². The molecule has 0 spiro atoms. The van der Waals surface area contributed by atoms with Gasteiger partial charge >= 0.3 is 18.5 Å². The maximum absolute atomic E-state index is 13.3. The van der Waals surface area contributed by atoms with Crippen molar-refractivity contribution in [1.82, 2.24) is 0 Å². The highest BCUT2D eigenvalue weighted by Crippen LogP contribution is 2.67. The van der Waals surface area contributed by atoms with Crippen LogP contribution in [-0.4, -0.2) is 41.3 Å². The molecule has 5 aliphatic rings. The highest BCUT2D eigenvalue weighted by molar-refractivity contribution is 5.90. The summed E-state index contributed by atoms with van der Waals surface area (Å²) >= 11 is 0. The molecule has 152 valence electrons. The average molecular weight is 397 g/mol. The van der Waals surface area contributed by atoms with Gasteiger partial charge in [-0.05, 0) is 55.8 Å². The lowest BCUT2D eigenvalue weighted by Crippen LogP contribution is -2.60. The van der Waals surface area contributed by atoms with Crippen molar-refractivity contribution in [2.24, 2.45) is 22.7 Å². The molecule has 4 saturated carbocycles. The van der Waals surface area contributed by atoms with Gasteiger partial charge in [-0.2, -0.15) is 22.9 Å². The molecule has 0 radical (unpaired) electrons. The van der Waals surface area contributed by atoms with E-state index in [1.807, 2.05) is 0 Å². The van der Waals surface area contributed by atoms with Crippen molar-refractivity contribution in [1.29, 1.82) is 5.26 Å². The third-order valence-electron chi connectivity index (χ3n) is 7.81. The van der Waals surface area contributed by atoms with Gasteiger partial charge in [-0.15, -0.1) is 0 Å². The van der Waals surface area contributed by atoms with Gasteiger partial charge in [0.2, 0.25) is 5.78 Å². The molecule has 0 N–H and O–H groups in total. The van der Waals surface area contributed by atoms with Crippen LogP contribution in [0.5, 0.6) is 0 Å². The minimum absolute atomic E-state index is 0.0101. The fraction of sp³-hybridized carbons (Fsp3) is 0.800. The minimum atomic E-state index is -4.87. The summed E-state index contributed by atoms with van der Waals surface area (Å²) in [5.74, 6) is -1.96. The molecule has 4 unspecified atom stereocenters. The molecule has 0 aromatic rings. The van der Waals surface area contributed by atoms with Crippen LogP contribution in [0, 0.1) is 34.0 Å². The molecule has 5 fully saturated rings. The Kier molecular flexibility index (Phi) is 4.28. The van der Waals surface area contributed by atoms with Gasteiger partial charge in [0.1, 0.15) is 6.07 Å². The number of nitrogens with zero attached hydrogens (tertiary/aromatic N) is 2. The lowest BCUT2D eigenvalue weighted by atomic mass is 9.42. The topological polar surface area (TPSA) is 75.0 Å². The smallest absolute Gasteiger partial charge is 0.289 e. The number of Topliss-reactive ketones (excluding diaryl/α,β-unsaturated/α-hetero) is 1. The Hall–Kier alpha value is -1.75. The van der Waals surface area contributed by atoms with E-state index in [1.54, 1.807) is 0 Å². The zero-order valence-corrected chi connectivity index (χ0v) is 15.6. The number of halogens is 3. The molecule has 0 aromatic heterocycles. The fourth-order valence-electron chi connectivity index (χ4n) is 7.28. The number of quaternary nitrogens is 1. The molecule has 5 nitrogen and oxygen atoms in total. The number of nitriles is 1. The van der Waals surface area contributed by atoms with E-state index in [0.29, 0.717) is 32.1 Å². The molecular formula is C20H24F3N2O3+. The first-order valence-electron chi connectivity index (χ1n) is 9.97. The molecule has 1 saturated heterocycles. The second kappa shape index (κ2) is 6.12. The van der Waals surface area contributed by atoms with E-state index < -0.39 is 33.3 Å². The van der Waals surface area contributed by atoms with E-state index in [-0.39, 0.29) is 50.0 Å². The van der Waals surface area contributed by atoms with E-state index in [9.17, 15) is 32.8 Å². The molecule has 1 aliphatic heterocycles. The molecule has 4 aliphatic carbocycles. The van der Waals surface area contributed by atoms with Crippen LogP contribution in [0.15, 0.2) is 0 Å². The number of likely N-dealkylation sites (tertiary alicyclic amines) is 1. The zero-order valence-electron chi connectivity index (χ0n) is 15.6. The van der Waals surface area contributed by atoms with Gasteiger partial charge in [-0.1, -0.05) is 0 Å². The molecule has 0 aromatic carbocycles. The number of hydrogen-bond donors (Lipinski definition) is 0. The quantitative estimate of drug-likeness (QED) is 0.539. The molecule has 1 heterocycles. The van der Waals surface area contributed by atoms with Crippen molar-refractivity contribution in [2.75, 3.05) is 6.54 Å². The first-order chi connectivity index (χ1) is 13.1. The molecule has 4 bridgehead atoms. The standard InChI is InChI=1S/C20H24F3N2O3/c21-20(22,23)17(28)19-7-13-4-14(8-19)6-18(5-13,11-19)9-16(27)25(12-26)3-1-2-15(25)10-24/h12-15H,1-9,11H2/q+1. The van der Waals surface area contributed by atoms with Crippen molar-refractivity contribution in [3.05, 3.63) is 0 Å². The van der Waals surface area contributed by atoms with E-state index in [2.05, 4.69) is 6.07 Å². The number of hydrogen-bond acceptors (Lipinski definition) is 4. The highest BCUT2D eigenvalue weighted by Gasteiger charge is 2.66. The molecule has 4 atom stereocenters. The van der Waals surface area contributed by atoms with Crippen LogP contribution in [0.3, 0.4) is 0 Å². The molecule has 5 rings (SSSR count). The summed E-state index contributed by atoms with van der Waals surface area (Å²) in [7, 11) is 0. The minimum Gasteiger partial charge on any atom is -0.289 e. The van der Waals surface area contributed by atoms with E-state index in [0.717, 1.165) is 6.42 Å². The number of amides is 2. The van der Waals surface area contributed by atoms with Crippen molar-refractivity contribution in [2.45, 2.75) is 70.0 Å². The fourth-order valence-corrected chi connectivity index (χ4v) is 7.28. The Bertz CT molecular complexity index is 758. The van der Waals surface area contributed by atoms with Gasteiger partial charge < -0.3 is 0 Å². The summed E-state index contributed by atoms with van der Waals surface area (Å²) in [5.41, 5.74) is -2.06. The SMILES string of the molecule is N#CC1CCC[N+]1(C=O)C(=O)CC12CC3CC(C1)CC(C(=O)C(F)(F)F)(C3)C2. The van der Waals surface area contributed by atoms with Crippen LogP contribution in [0.1, 0.15) is 57.8 Å². The first-order valence-corrected chi connectivity index (χ1v) is 9.97. The summed E-state index contributed by atoms with van der Waals surface area (Å²) in [6, 6.07) is 1.34. The Balaban J connectivity index is 1.63. The maximum Gasteiger partial charge on any atom is 0.450 e. The lowest BCUT2D eigenvalue weighted by molar-refractivity contribution is -0.774.